The molecule has 1 rings (SSSR count). The predicted octanol–water partition coefficient (Wildman–Crippen LogP) is 12.6. The van der Waals surface area contributed by atoms with E-state index in [2.05, 4.69) is 31.3 Å². The van der Waals surface area contributed by atoms with Crippen LogP contribution in [-0.2, 0) is 14.3 Å². The molecule has 9 heteroatoms. The first kappa shape index (κ1) is 59.7. The summed E-state index contributed by atoms with van der Waals surface area (Å²) in [5, 5.41) is 54.3. The Balaban J connectivity index is 2.23. The van der Waals surface area contributed by atoms with E-state index in [0.29, 0.717) is 6.42 Å². The van der Waals surface area contributed by atoms with Gasteiger partial charge in [0.1, 0.15) is 24.4 Å². The van der Waals surface area contributed by atoms with Crippen molar-refractivity contribution in [2.75, 3.05) is 13.2 Å². The van der Waals surface area contributed by atoms with Crippen LogP contribution in [0.2, 0.25) is 0 Å². The molecule has 1 heterocycles. The lowest BCUT2D eigenvalue weighted by Gasteiger charge is -2.40. The van der Waals surface area contributed by atoms with E-state index in [0.717, 1.165) is 38.5 Å². The summed E-state index contributed by atoms with van der Waals surface area (Å²) in [4.78, 5) is 13.0. The zero-order valence-corrected chi connectivity index (χ0v) is 41.1. The van der Waals surface area contributed by atoms with Gasteiger partial charge in [0.15, 0.2) is 6.29 Å². The molecule has 1 aliphatic rings. The van der Waals surface area contributed by atoms with Gasteiger partial charge in [-0.25, -0.2) is 0 Å². The van der Waals surface area contributed by atoms with E-state index in [-0.39, 0.29) is 12.5 Å². The maximum absolute atomic E-state index is 13.0. The van der Waals surface area contributed by atoms with Crippen molar-refractivity contribution in [1.29, 1.82) is 0 Å². The van der Waals surface area contributed by atoms with Crippen molar-refractivity contribution < 1.29 is 39.8 Å². The number of carbonyl (C=O) groups excluding carboxylic acids is 1. The monoisotopic (exact) mass is 894 g/mol. The van der Waals surface area contributed by atoms with E-state index in [1.54, 1.807) is 6.08 Å². The van der Waals surface area contributed by atoms with Gasteiger partial charge in [-0.2, -0.15) is 0 Å². The van der Waals surface area contributed by atoms with Crippen LogP contribution in [0.25, 0.3) is 0 Å². The molecule has 1 amide bonds. The Kier molecular flexibility index (Phi) is 42.2. The lowest BCUT2D eigenvalue weighted by Crippen LogP contribution is -2.60. The van der Waals surface area contributed by atoms with Gasteiger partial charge in [-0.3, -0.25) is 4.79 Å². The average molecular weight is 894 g/mol. The molecule has 63 heavy (non-hydrogen) atoms. The van der Waals surface area contributed by atoms with Crippen LogP contribution in [0.4, 0.5) is 0 Å². The summed E-state index contributed by atoms with van der Waals surface area (Å²) >= 11 is 0. The molecule has 1 aliphatic heterocycles. The number of carbonyl (C=O) groups is 1. The van der Waals surface area contributed by atoms with Crippen molar-refractivity contribution in [1.82, 2.24) is 5.32 Å². The second kappa shape index (κ2) is 44.5. The van der Waals surface area contributed by atoms with Crippen LogP contribution in [0.1, 0.15) is 258 Å². The lowest BCUT2D eigenvalue weighted by atomic mass is 9.99. The molecule has 0 aliphatic carbocycles. The summed E-state index contributed by atoms with van der Waals surface area (Å²) in [5.41, 5.74) is 0. The lowest BCUT2D eigenvalue weighted by molar-refractivity contribution is -0.302. The second-order valence-corrected chi connectivity index (χ2v) is 19.0. The van der Waals surface area contributed by atoms with Crippen molar-refractivity contribution in [3.63, 3.8) is 0 Å². The van der Waals surface area contributed by atoms with Crippen LogP contribution in [0.3, 0.4) is 0 Å². The van der Waals surface area contributed by atoms with Gasteiger partial charge in [0.2, 0.25) is 5.91 Å². The van der Waals surface area contributed by atoms with Gasteiger partial charge in [-0.1, -0.05) is 244 Å². The molecule has 7 atom stereocenters. The van der Waals surface area contributed by atoms with E-state index in [4.69, 9.17) is 9.47 Å². The highest BCUT2D eigenvalue weighted by Crippen LogP contribution is 2.23. The summed E-state index contributed by atoms with van der Waals surface area (Å²) < 4.78 is 11.2. The number of nitrogens with one attached hydrogen (secondary N) is 1. The summed E-state index contributed by atoms with van der Waals surface area (Å²) in [6, 6.07) is -0.817. The highest BCUT2D eigenvalue weighted by Gasteiger charge is 2.44. The molecule has 372 valence electrons. The van der Waals surface area contributed by atoms with Gasteiger partial charge in [-0.05, 0) is 32.1 Å². The first-order chi connectivity index (χ1) is 30.8. The summed E-state index contributed by atoms with van der Waals surface area (Å²) in [7, 11) is 0. The summed E-state index contributed by atoms with van der Waals surface area (Å²) in [6.45, 7) is 3.78. The third-order valence-electron chi connectivity index (χ3n) is 13.0. The normalized spacial score (nSPS) is 20.3. The number of allylic oxidation sites excluding steroid dienone is 3. The predicted molar refractivity (Wildman–Crippen MR) is 263 cm³/mol. The van der Waals surface area contributed by atoms with E-state index in [1.165, 1.54) is 199 Å². The van der Waals surface area contributed by atoms with Crippen LogP contribution in [0, 0.1) is 0 Å². The van der Waals surface area contributed by atoms with Gasteiger partial charge in [-0.15, -0.1) is 0 Å². The first-order valence-electron chi connectivity index (χ1n) is 27.1. The minimum atomic E-state index is -1.57. The molecule has 0 saturated carbocycles. The zero-order chi connectivity index (χ0) is 45.9. The van der Waals surface area contributed by atoms with Crippen molar-refractivity contribution >= 4 is 5.91 Å². The van der Waals surface area contributed by atoms with Crippen molar-refractivity contribution in [3.8, 4) is 0 Å². The third-order valence-corrected chi connectivity index (χ3v) is 13.0. The Morgan fingerprint density at radius 1 is 0.524 bits per heavy atom. The van der Waals surface area contributed by atoms with Crippen LogP contribution in [-0.4, -0.2) is 87.5 Å². The molecule has 9 nitrogen and oxygen atoms in total. The molecule has 0 radical (unpaired) electrons. The van der Waals surface area contributed by atoms with Crippen molar-refractivity contribution in [3.05, 3.63) is 24.3 Å². The fourth-order valence-corrected chi connectivity index (χ4v) is 8.70. The Hall–Kier alpha value is -1.33. The molecule has 0 aromatic rings. The van der Waals surface area contributed by atoms with Crippen LogP contribution < -0.4 is 5.32 Å². The molecule has 7 unspecified atom stereocenters. The van der Waals surface area contributed by atoms with E-state index in [9.17, 15) is 30.3 Å². The van der Waals surface area contributed by atoms with Crippen molar-refractivity contribution in [2.45, 2.75) is 301 Å². The van der Waals surface area contributed by atoms with Crippen LogP contribution >= 0.6 is 0 Å². The molecule has 0 spiro atoms. The Morgan fingerprint density at radius 3 is 1.33 bits per heavy atom. The Morgan fingerprint density at radius 2 is 0.905 bits per heavy atom. The van der Waals surface area contributed by atoms with Gasteiger partial charge < -0.3 is 40.3 Å². The molecule has 1 fully saturated rings. The number of amides is 1. The molecular formula is C54H103NO8. The van der Waals surface area contributed by atoms with Crippen LogP contribution in [0.15, 0.2) is 24.3 Å². The minimum Gasteiger partial charge on any atom is -0.394 e. The number of aliphatic hydroxyl groups excluding tert-OH is 5. The van der Waals surface area contributed by atoms with E-state index >= 15 is 0 Å². The summed E-state index contributed by atoms with van der Waals surface area (Å²) in [5.74, 6) is -0.182. The number of unbranched alkanes of at least 4 members (excludes halogenated alkanes) is 34. The third kappa shape index (κ3) is 34.6. The minimum absolute atomic E-state index is 0.182. The van der Waals surface area contributed by atoms with E-state index in [1.807, 2.05) is 6.08 Å². The maximum atomic E-state index is 13.0. The van der Waals surface area contributed by atoms with Crippen LogP contribution in [0.5, 0.6) is 0 Å². The number of rotatable bonds is 46. The number of aliphatic hydroxyl groups is 5. The Labute approximate surface area is 388 Å². The molecular weight excluding hydrogens is 791 g/mol. The molecule has 0 bridgehead atoms. The quantitative estimate of drug-likeness (QED) is 0.0261. The maximum Gasteiger partial charge on any atom is 0.220 e. The molecule has 0 aromatic carbocycles. The fourth-order valence-electron chi connectivity index (χ4n) is 8.70. The largest absolute Gasteiger partial charge is 0.394 e. The molecule has 1 saturated heterocycles. The van der Waals surface area contributed by atoms with Gasteiger partial charge >= 0.3 is 0 Å². The topological polar surface area (TPSA) is 149 Å². The fraction of sp³-hybridized carbons (Fsp3) is 0.907. The SMILES string of the molecule is CCCCCCCCCCC/C=C/CC/C=C/C(O)C(COC1OC(CO)C(O)C(O)C1O)NC(=O)CCCCCCCCCCCCCCCCCCCCCCCCCCC. The van der Waals surface area contributed by atoms with Crippen molar-refractivity contribution in [2.24, 2.45) is 0 Å². The highest BCUT2D eigenvalue weighted by atomic mass is 16.7. The molecule has 0 aromatic heterocycles. The average Bonchev–Trinajstić information content (AvgIpc) is 3.28. The first-order valence-corrected chi connectivity index (χ1v) is 27.1. The smallest absolute Gasteiger partial charge is 0.220 e. The molecule has 6 N–H and O–H groups in total. The standard InChI is InChI=1S/C54H103NO8/c1-3-5-7-9-11-13-15-17-19-20-21-22-23-24-25-26-27-28-30-32-34-36-38-40-42-44-50(58)55-47(46-62-54-53(61)52(60)51(59)49(45-56)63-54)48(57)43-41-39-37-35-33-31-29-18-16-14-12-10-8-6-4-2/h33,35,41,43,47-49,51-54,56-57,59-61H,3-32,34,36-40,42,44-46H2,1-2H3,(H,55,58)/b35-33+,43-41+. The van der Waals surface area contributed by atoms with Gasteiger partial charge in [0, 0.05) is 6.42 Å². The number of ether oxygens (including phenoxy) is 2. The number of hydrogen-bond donors (Lipinski definition) is 6. The van der Waals surface area contributed by atoms with E-state index < -0.39 is 49.5 Å². The Bertz CT molecular complexity index is 1040. The van der Waals surface area contributed by atoms with Gasteiger partial charge in [0.25, 0.3) is 0 Å². The number of hydrogen-bond acceptors (Lipinski definition) is 8. The highest BCUT2D eigenvalue weighted by molar-refractivity contribution is 5.76. The summed E-state index contributed by atoms with van der Waals surface area (Å²) in [6.07, 6.45) is 48.1. The second-order valence-electron chi connectivity index (χ2n) is 19.0. The van der Waals surface area contributed by atoms with Gasteiger partial charge in [0.05, 0.1) is 25.4 Å². The zero-order valence-electron chi connectivity index (χ0n) is 41.1.